The number of amides is 2. The second-order valence-electron chi connectivity index (χ2n) is 7.55. The van der Waals surface area contributed by atoms with Gasteiger partial charge in [-0.1, -0.05) is 0 Å². The maximum atomic E-state index is 13.3. The monoisotopic (exact) mass is 292 g/mol. The number of carbonyl (C=O) groups excluding carboxylic acids is 2. The number of nitrogens with zero attached hydrogens (tertiary/aromatic N) is 1. The molecule has 0 aromatic heterocycles. The predicted molar refractivity (Wildman–Crippen MR) is 76.5 cm³/mol. The molecule has 3 unspecified atom stereocenters. The third kappa shape index (κ3) is 1.79. The molecule has 2 saturated carbocycles. The van der Waals surface area contributed by atoms with Crippen molar-refractivity contribution >= 4 is 11.8 Å². The molecule has 2 aliphatic carbocycles. The van der Waals surface area contributed by atoms with Crippen molar-refractivity contribution in [2.75, 3.05) is 13.2 Å². The summed E-state index contributed by atoms with van der Waals surface area (Å²) >= 11 is 0. The summed E-state index contributed by atoms with van der Waals surface area (Å²) in [4.78, 5) is 28.1. The lowest BCUT2D eigenvalue weighted by molar-refractivity contribution is -0.168. The van der Waals surface area contributed by atoms with Crippen molar-refractivity contribution in [2.24, 2.45) is 11.8 Å². The Bertz CT molecular complexity index is 494. The fourth-order valence-corrected chi connectivity index (χ4v) is 4.22. The molecule has 4 rings (SSSR count). The van der Waals surface area contributed by atoms with Crippen molar-refractivity contribution in [1.82, 2.24) is 10.2 Å². The first-order chi connectivity index (χ1) is 9.98. The van der Waals surface area contributed by atoms with Crippen LogP contribution in [0.3, 0.4) is 0 Å². The van der Waals surface area contributed by atoms with Gasteiger partial charge < -0.3 is 15.0 Å². The van der Waals surface area contributed by atoms with Crippen molar-refractivity contribution in [3.63, 3.8) is 0 Å². The van der Waals surface area contributed by atoms with E-state index in [2.05, 4.69) is 5.32 Å². The van der Waals surface area contributed by atoms with Crippen molar-refractivity contribution in [2.45, 2.75) is 63.1 Å². The van der Waals surface area contributed by atoms with E-state index in [0.717, 1.165) is 32.1 Å². The summed E-state index contributed by atoms with van der Waals surface area (Å²) in [7, 11) is 0. The maximum absolute atomic E-state index is 13.3. The Morgan fingerprint density at radius 2 is 1.76 bits per heavy atom. The standard InChI is InChI=1S/C16H24N2O3/c1-15(10-3-4-10)14(20)18(12-7-8-21-9-12)16(2,11-5-6-11)13(19)17-15/h10-12H,3-9H2,1-2H3,(H,17,19). The molecular formula is C16H24N2O3. The molecular weight excluding hydrogens is 268 g/mol. The molecule has 2 heterocycles. The Morgan fingerprint density at radius 3 is 2.29 bits per heavy atom. The number of hydrogen-bond donors (Lipinski definition) is 1. The van der Waals surface area contributed by atoms with Gasteiger partial charge in [-0.05, 0) is 57.8 Å². The van der Waals surface area contributed by atoms with Crippen molar-refractivity contribution in [3.8, 4) is 0 Å². The van der Waals surface area contributed by atoms with E-state index < -0.39 is 11.1 Å². The predicted octanol–water partition coefficient (Wildman–Crippen LogP) is 1.07. The molecule has 2 amide bonds. The molecule has 4 fully saturated rings. The van der Waals surface area contributed by atoms with Crippen LogP contribution in [0.25, 0.3) is 0 Å². The van der Waals surface area contributed by atoms with Gasteiger partial charge in [0.05, 0.1) is 12.6 Å². The largest absolute Gasteiger partial charge is 0.379 e. The van der Waals surface area contributed by atoms with Crippen LogP contribution < -0.4 is 5.32 Å². The van der Waals surface area contributed by atoms with Gasteiger partial charge in [-0.25, -0.2) is 0 Å². The van der Waals surface area contributed by atoms with Gasteiger partial charge in [-0.2, -0.15) is 0 Å². The highest BCUT2D eigenvalue weighted by atomic mass is 16.5. The molecule has 2 aliphatic heterocycles. The van der Waals surface area contributed by atoms with Crippen LogP contribution in [0.5, 0.6) is 0 Å². The quantitative estimate of drug-likeness (QED) is 0.846. The van der Waals surface area contributed by atoms with Crippen LogP contribution in [0.15, 0.2) is 0 Å². The summed E-state index contributed by atoms with van der Waals surface area (Å²) in [5.41, 5.74) is -1.38. The average Bonchev–Trinajstić information content (AvgIpc) is 3.35. The highest BCUT2D eigenvalue weighted by molar-refractivity contribution is 6.03. The van der Waals surface area contributed by atoms with E-state index in [-0.39, 0.29) is 17.9 Å². The van der Waals surface area contributed by atoms with Crippen LogP contribution in [-0.4, -0.2) is 47.0 Å². The van der Waals surface area contributed by atoms with Gasteiger partial charge >= 0.3 is 0 Å². The minimum Gasteiger partial charge on any atom is -0.379 e. The fourth-order valence-electron chi connectivity index (χ4n) is 4.22. The molecule has 0 bridgehead atoms. The molecule has 0 aromatic carbocycles. The first kappa shape index (κ1) is 13.6. The van der Waals surface area contributed by atoms with E-state index in [1.807, 2.05) is 18.7 Å². The molecule has 0 aromatic rings. The topological polar surface area (TPSA) is 58.6 Å². The lowest BCUT2D eigenvalue weighted by atomic mass is 9.80. The molecule has 0 spiro atoms. The number of ether oxygens (including phenoxy) is 1. The van der Waals surface area contributed by atoms with E-state index in [4.69, 9.17) is 4.74 Å². The molecule has 21 heavy (non-hydrogen) atoms. The van der Waals surface area contributed by atoms with Gasteiger partial charge in [0, 0.05) is 6.61 Å². The Balaban J connectivity index is 1.74. The molecule has 116 valence electrons. The van der Waals surface area contributed by atoms with E-state index in [1.54, 1.807) is 0 Å². The number of rotatable bonds is 3. The highest BCUT2D eigenvalue weighted by Crippen LogP contribution is 2.50. The second-order valence-corrected chi connectivity index (χ2v) is 7.55. The van der Waals surface area contributed by atoms with Gasteiger partial charge in [0.15, 0.2) is 0 Å². The summed E-state index contributed by atoms with van der Waals surface area (Å²) in [6, 6.07) is 0.0622. The van der Waals surface area contributed by atoms with Crippen LogP contribution in [0.1, 0.15) is 46.0 Å². The SMILES string of the molecule is CC1(C2CC2)NC(=O)C(C)(C2CC2)N(C2CCOC2)C1=O. The number of hydrogen-bond acceptors (Lipinski definition) is 3. The third-order valence-corrected chi connectivity index (χ3v) is 6.03. The Kier molecular flexibility index (Phi) is 2.72. The minimum atomic E-state index is -0.700. The number of nitrogens with one attached hydrogen (secondary N) is 1. The zero-order valence-electron chi connectivity index (χ0n) is 12.9. The average molecular weight is 292 g/mol. The number of piperazine rings is 1. The molecule has 5 nitrogen and oxygen atoms in total. The summed E-state index contributed by atoms with van der Waals surface area (Å²) in [5, 5.41) is 3.10. The van der Waals surface area contributed by atoms with Crippen molar-refractivity contribution < 1.29 is 14.3 Å². The van der Waals surface area contributed by atoms with Crippen LogP contribution >= 0.6 is 0 Å². The lowest BCUT2D eigenvalue weighted by Crippen LogP contribution is -2.77. The molecule has 3 atom stereocenters. The van der Waals surface area contributed by atoms with E-state index in [0.29, 0.717) is 25.0 Å². The van der Waals surface area contributed by atoms with Crippen LogP contribution in [0.4, 0.5) is 0 Å². The van der Waals surface area contributed by atoms with E-state index in [9.17, 15) is 9.59 Å². The van der Waals surface area contributed by atoms with Gasteiger partial charge in [0.25, 0.3) is 0 Å². The van der Waals surface area contributed by atoms with Crippen LogP contribution in [-0.2, 0) is 14.3 Å². The van der Waals surface area contributed by atoms with Gasteiger partial charge in [0.1, 0.15) is 11.1 Å². The Labute approximate surface area is 125 Å². The first-order valence-corrected chi connectivity index (χ1v) is 8.22. The van der Waals surface area contributed by atoms with Crippen molar-refractivity contribution in [1.29, 1.82) is 0 Å². The van der Waals surface area contributed by atoms with Gasteiger partial charge in [-0.15, -0.1) is 0 Å². The normalized spacial score (nSPS) is 44.1. The molecule has 5 heteroatoms. The molecule has 2 saturated heterocycles. The summed E-state index contributed by atoms with van der Waals surface area (Å²) < 4.78 is 5.51. The first-order valence-electron chi connectivity index (χ1n) is 8.22. The maximum Gasteiger partial charge on any atom is 0.249 e. The van der Waals surface area contributed by atoms with Crippen LogP contribution in [0, 0.1) is 11.8 Å². The molecule has 4 aliphatic rings. The van der Waals surface area contributed by atoms with Crippen LogP contribution in [0.2, 0.25) is 0 Å². The zero-order valence-corrected chi connectivity index (χ0v) is 12.9. The summed E-state index contributed by atoms with van der Waals surface area (Å²) in [6.45, 7) is 5.14. The lowest BCUT2D eigenvalue weighted by Gasteiger charge is -2.53. The second kappa shape index (κ2) is 4.22. The molecule has 0 radical (unpaired) electrons. The Morgan fingerprint density at radius 1 is 1.10 bits per heavy atom. The zero-order chi connectivity index (χ0) is 14.8. The minimum absolute atomic E-state index is 0.0471. The van der Waals surface area contributed by atoms with Crippen molar-refractivity contribution in [3.05, 3.63) is 0 Å². The molecule has 1 N–H and O–H groups in total. The fraction of sp³-hybridized carbons (Fsp3) is 0.875. The van der Waals surface area contributed by atoms with Gasteiger partial charge in [-0.3, -0.25) is 9.59 Å². The summed E-state index contributed by atoms with van der Waals surface area (Å²) in [5.74, 6) is 0.786. The van der Waals surface area contributed by atoms with E-state index in [1.165, 1.54) is 0 Å². The van der Waals surface area contributed by atoms with E-state index >= 15 is 0 Å². The third-order valence-electron chi connectivity index (χ3n) is 6.03. The number of carbonyl (C=O) groups is 2. The Hall–Kier alpha value is -1.10. The van der Waals surface area contributed by atoms with Gasteiger partial charge in [0.2, 0.25) is 11.8 Å². The smallest absolute Gasteiger partial charge is 0.249 e. The summed E-state index contributed by atoms with van der Waals surface area (Å²) in [6.07, 6.45) is 5.01. The highest BCUT2D eigenvalue weighted by Gasteiger charge is 2.64.